The fourth-order valence-corrected chi connectivity index (χ4v) is 3.72. The summed E-state index contributed by atoms with van der Waals surface area (Å²) >= 11 is 0. The molecule has 1 spiro atoms. The van der Waals surface area contributed by atoms with Gasteiger partial charge in [-0.25, -0.2) is 4.79 Å². The molecule has 0 saturated carbocycles. The van der Waals surface area contributed by atoms with E-state index in [1.807, 2.05) is 30.9 Å². The van der Waals surface area contributed by atoms with Gasteiger partial charge in [-0.1, -0.05) is 0 Å². The molecule has 1 atom stereocenters. The SMILES string of the molecule is CC(C)NC(=O)N1CCN(Cc2ccncc2)C[C@@]2(CNC(=O)C2)C1. The standard InChI is InChI=1S/C18H27N5O2/c1-14(2)21-17(25)23-8-7-22(10-15-3-5-19-6-4-15)12-18(13-23)9-16(24)20-11-18/h3-6,14H,7-13H2,1-2H3,(H,20,24)(H,21,25)/t18-/m1/s1. The molecule has 0 aliphatic carbocycles. The molecule has 1 aromatic rings. The molecule has 3 heterocycles. The Balaban J connectivity index is 1.75. The summed E-state index contributed by atoms with van der Waals surface area (Å²) in [7, 11) is 0. The summed E-state index contributed by atoms with van der Waals surface area (Å²) < 4.78 is 0. The summed E-state index contributed by atoms with van der Waals surface area (Å²) in [6.45, 7) is 8.23. The third-order valence-electron chi connectivity index (χ3n) is 4.82. The zero-order valence-electron chi connectivity index (χ0n) is 15.0. The molecule has 2 aliphatic heterocycles. The first kappa shape index (κ1) is 17.7. The van der Waals surface area contributed by atoms with Crippen molar-refractivity contribution in [3.05, 3.63) is 30.1 Å². The van der Waals surface area contributed by atoms with Crippen molar-refractivity contribution in [3.8, 4) is 0 Å². The van der Waals surface area contributed by atoms with Crippen LogP contribution in [0.15, 0.2) is 24.5 Å². The Morgan fingerprint density at radius 1 is 1.32 bits per heavy atom. The van der Waals surface area contributed by atoms with Gasteiger partial charge in [-0.05, 0) is 31.5 Å². The molecule has 0 aromatic carbocycles. The number of carbonyl (C=O) groups is 2. The predicted molar refractivity (Wildman–Crippen MR) is 94.8 cm³/mol. The van der Waals surface area contributed by atoms with Gasteiger partial charge in [-0.2, -0.15) is 0 Å². The zero-order valence-corrected chi connectivity index (χ0v) is 15.0. The van der Waals surface area contributed by atoms with Crippen molar-refractivity contribution in [3.63, 3.8) is 0 Å². The number of hydrogen-bond acceptors (Lipinski definition) is 4. The number of nitrogens with one attached hydrogen (secondary N) is 2. The van der Waals surface area contributed by atoms with Gasteiger partial charge in [0.05, 0.1) is 0 Å². The van der Waals surface area contributed by atoms with E-state index >= 15 is 0 Å². The molecule has 0 radical (unpaired) electrons. The van der Waals surface area contributed by atoms with Crippen molar-refractivity contribution in [2.24, 2.45) is 5.41 Å². The van der Waals surface area contributed by atoms with E-state index in [1.54, 1.807) is 12.4 Å². The molecule has 2 N–H and O–H groups in total. The minimum atomic E-state index is -0.213. The highest BCUT2D eigenvalue weighted by Crippen LogP contribution is 2.31. The Kier molecular flexibility index (Phi) is 5.22. The Bertz CT molecular complexity index is 621. The molecular weight excluding hydrogens is 318 g/mol. The minimum absolute atomic E-state index is 0.0421. The summed E-state index contributed by atoms with van der Waals surface area (Å²) in [5.41, 5.74) is 0.983. The molecule has 3 rings (SSSR count). The lowest BCUT2D eigenvalue weighted by molar-refractivity contribution is -0.119. The highest BCUT2D eigenvalue weighted by Gasteiger charge is 2.43. The van der Waals surface area contributed by atoms with Gasteiger partial charge in [0.1, 0.15) is 0 Å². The minimum Gasteiger partial charge on any atom is -0.355 e. The number of carbonyl (C=O) groups excluding carboxylic acids is 2. The van der Waals surface area contributed by atoms with Crippen molar-refractivity contribution in [1.29, 1.82) is 0 Å². The van der Waals surface area contributed by atoms with E-state index in [4.69, 9.17) is 0 Å². The van der Waals surface area contributed by atoms with Crippen LogP contribution in [0, 0.1) is 5.41 Å². The number of aromatic nitrogens is 1. The second kappa shape index (κ2) is 7.39. The molecule has 2 aliphatic rings. The van der Waals surface area contributed by atoms with Crippen LogP contribution in [-0.2, 0) is 11.3 Å². The average molecular weight is 345 g/mol. The van der Waals surface area contributed by atoms with E-state index in [2.05, 4.69) is 20.5 Å². The molecule has 2 fully saturated rings. The maximum absolute atomic E-state index is 12.5. The van der Waals surface area contributed by atoms with Crippen LogP contribution in [0.4, 0.5) is 4.79 Å². The van der Waals surface area contributed by atoms with Gasteiger partial charge < -0.3 is 15.5 Å². The smallest absolute Gasteiger partial charge is 0.317 e. The number of rotatable bonds is 3. The van der Waals surface area contributed by atoms with Crippen molar-refractivity contribution in [2.45, 2.75) is 32.9 Å². The Morgan fingerprint density at radius 3 is 2.72 bits per heavy atom. The first-order valence-corrected chi connectivity index (χ1v) is 8.89. The Morgan fingerprint density at radius 2 is 2.08 bits per heavy atom. The third-order valence-corrected chi connectivity index (χ3v) is 4.82. The molecular formula is C18H27N5O2. The van der Waals surface area contributed by atoms with Crippen molar-refractivity contribution in [1.82, 2.24) is 25.4 Å². The third kappa shape index (κ3) is 4.48. The molecule has 3 amide bonds. The second-order valence-corrected chi connectivity index (χ2v) is 7.55. The zero-order chi connectivity index (χ0) is 17.9. The largest absolute Gasteiger partial charge is 0.355 e. The molecule has 7 nitrogen and oxygen atoms in total. The van der Waals surface area contributed by atoms with E-state index in [1.165, 1.54) is 5.56 Å². The molecule has 1 aromatic heterocycles. The topological polar surface area (TPSA) is 77.6 Å². The van der Waals surface area contributed by atoms with Crippen LogP contribution in [0.2, 0.25) is 0 Å². The number of urea groups is 1. The number of pyridine rings is 1. The van der Waals surface area contributed by atoms with Crippen LogP contribution in [0.1, 0.15) is 25.8 Å². The van der Waals surface area contributed by atoms with E-state index in [0.29, 0.717) is 26.1 Å². The average Bonchev–Trinajstić information content (AvgIpc) is 2.81. The lowest BCUT2D eigenvalue weighted by Gasteiger charge is -2.33. The van der Waals surface area contributed by atoms with E-state index < -0.39 is 0 Å². The monoisotopic (exact) mass is 345 g/mol. The number of hydrogen-bond donors (Lipinski definition) is 2. The number of amides is 3. The van der Waals surface area contributed by atoms with Crippen molar-refractivity contribution >= 4 is 11.9 Å². The molecule has 25 heavy (non-hydrogen) atoms. The first-order valence-electron chi connectivity index (χ1n) is 8.89. The number of nitrogens with zero attached hydrogens (tertiary/aromatic N) is 3. The van der Waals surface area contributed by atoms with Gasteiger partial charge in [-0.3, -0.25) is 14.7 Å². The van der Waals surface area contributed by atoms with Crippen LogP contribution in [0.5, 0.6) is 0 Å². The fourth-order valence-electron chi connectivity index (χ4n) is 3.72. The fraction of sp³-hybridized carbons (Fsp3) is 0.611. The van der Waals surface area contributed by atoms with Crippen molar-refractivity contribution < 1.29 is 9.59 Å². The summed E-state index contributed by atoms with van der Waals surface area (Å²) in [5.74, 6) is 0.0787. The van der Waals surface area contributed by atoms with Gasteiger partial charge in [-0.15, -0.1) is 0 Å². The normalized spacial score (nSPS) is 24.4. The summed E-state index contributed by atoms with van der Waals surface area (Å²) in [4.78, 5) is 32.7. The summed E-state index contributed by atoms with van der Waals surface area (Å²) in [6, 6.07) is 4.08. The first-order chi connectivity index (χ1) is 12.0. The molecule has 7 heteroatoms. The van der Waals surface area contributed by atoms with E-state index in [0.717, 1.165) is 19.6 Å². The maximum atomic E-state index is 12.5. The highest BCUT2D eigenvalue weighted by atomic mass is 16.2. The van der Waals surface area contributed by atoms with E-state index in [9.17, 15) is 9.59 Å². The molecule has 2 saturated heterocycles. The van der Waals surface area contributed by atoms with Gasteiger partial charge in [0.2, 0.25) is 5.91 Å². The molecule has 0 unspecified atom stereocenters. The Hall–Kier alpha value is -2.15. The van der Waals surface area contributed by atoms with Crippen LogP contribution in [-0.4, -0.2) is 65.5 Å². The van der Waals surface area contributed by atoms with Gasteiger partial charge >= 0.3 is 6.03 Å². The predicted octanol–water partition coefficient (Wildman–Crippen LogP) is 0.824. The molecule has 0 bridgehead atoms. The van der Waals surface area contributed by atoms with Gasteiger partial charge in [0.25, 0.3) is 0 Å². The van der Waals surface area contributed by atoms with E-state index in [-0.39, 0.29) is 23.4 Å². The van der Waals surface area contributed by atoms with Crippen LogP contribution >= 0.6 is 0 Å². The maximum Gasteiger partial charge on any atom is 0.317 e. The molecule has 136 valence electrons. The highest BCUT2D eigenvalue weighted by molar-refractivity contribution is 5.80. The summed E-state index contributed by atoms with van der Waals surface area (Å²) in [6.07, 6.45) is 4.07. The lowest BCUT2D eigenvalue weighted by atomic mass is 9.86. The van der Waals surface area contributed by atoms with Gasteiger partial charge in [0, 0.05) is 69.5 Å². The van der Waals surface area contributed by atoms with Crippen molar-refractivity contribution in [2.75, 3.05) is 32.7 Å². The van der Waals surface area contributed by atoms with Crippen LogP contribution in [0.3, 0.4) is 0 Å². The quantitative estimate of drug-likeness (QED) is 0.850. The van der Waals surface area contributed by atoms with Crippen LogP contribution in [0.25, 0.3) is 0 Å². The Labute approximate surface area is 148 Å². The van der Waals surface area contributed by atoms with Gasteiger partial charge in [0.15, 0.2) is 0 Å². The second-order valence-electron chi connectivity index (χ2n) is 7.55. The lowest BCUT2D eigenvalue weighted by Crippen LogP contribution is -2.48. The van der Waals surface area contributed by atoms with Crippen LogP contribution < -0.4 is 10.6 Å². The summed E-state index contributed by atoms with van der Waals surface area (Å²) in [5, 5.41) is 5.94.